The van der Waals surface area contributed by atoms with Gasteiger partial charge in [0.2, 0.25) is 27.7 Å². The highest BCUT2D eigenvalue weighted by Gasteiger charge is 2.62. The van der Waals surface area contributed by atoms with E-state index < -0.39 is 62.1 Å². The molecule has 0 bridgehead atoms. The Labute approximate surface area is 317 Å². The number of hydrogen-bond donors (Lipinski definition) is 3. The zero-order valence-corrected chi connectivity index (χ0v) is 33.0. The Morgan fingerprint density at radius 2 is 1.81 bits per heavy atom. The minimum Gasteiger partial charge on any atom is -0.497 e. The molecule has 1 aromatic carbocycles. The van der Waals surface area contributed by atoms with E-state index in [1.807, 2.05) is 90.0 Å². The zero-order chi connectivity index (χ0) is 39.3. The number of methoxy groups -OCH3 is 1. The molecule has 6 rings (SSSR count). The molecule has 3 heterocycles. The van der Waals surface area contributed by atoms with Crippen LogP contribution in [-0.4, -0.2) is 97.7 Å². The van der Waals surface area contributed by atoms with Crippen molar-refractivity contribution in [3.63, 3.8) is 0 Å². The summed E-state index contributed by atoms with van der Waals surface area (Å²) in [5.41, 5.74) is -0.385. The second-order valence-electron chi connectivity index (χ2n) is 16.0. The van der Waals surface area contributed by atoms with Crippen molar-refractivity contribution >= 4 is 50.2 Å². The number of rotatable bonds is 13. The normalized spacial score (nSPS) is 23.0. The number of nitrogens with one attached hydrogen (secondary N) is 3. The number of carbonyl (C=O) groups excluding carboxylic acids is 3. The molecule has 14 nitrogen and oxygen atoms in total. The predicted molar refractivity (Wildman–Crippen MR) is 207 cm³/mol. The number of amides is 3. The first-order valence-electron chi connectivity index (χ1n) is 18.2. The molecule has 1 aliphatic heterocycles. The highest BCUT2D eigenvalue weighted by molar-refractivity contribution is 7.91. The second kappa shape index (κ2) is 14.4. The average molecular weight is 762 g/mol. The molecule has 3 N–H and O–H groups in total. The largest absolute Gasteiger partial charge is 0.497 e. The third-order valence-corrected chi connectivity index (χ3v) is 12.1. The lowest BCUT2D eigenvalue weighted by Crippen LogP contribution is -2.58. The number of nitrogens with zero attached hydrogens (tertiary/aromatic N) is 4. The van der Waals surface area contributed by atoms with Crippen LogP contribution >= 0.6 is 0 Å². The van der Waals surface area contributed by atoms with Crippen LogP contribution in [0.5, 0.6) is 11.6 Å². The number of carbonyl (C=O) groups is 3. The monoisotopic (exact) mass is 761 g/mol. The standard InChI is InChI=1S/C39H51N7O7S/c1-10-25-20-39(25,37(49)44-54(50,51)28-12-13-28)43-34(47)30-19-27(53-35-29-14-11-26(52-9)17-24(29)18-32(42-35)45(7)8)21-46(30)36(48)33(38(4,5)6)41-31-16-22(2)15-23(3)40-31/h10-11,14-18,25,27-28,30,33H,1,12-13,19-21H2,2-9H3,(H,40,41)(H,43,47)(H,44,49)/t25-,27-,30+,33-,39-/m1/s1. The van der Waals surface area contributed by atoms with E-state index in [9.17, 15) is 22.8 Å². The quantitative estimate of drug-likeness (QED) is 0.216. The maximum Gasteiger partial charge on any atom is 0.259 e. The van der Waals surface area contributed by atoms with E-state index in [0.717, 1.165) is 22.0 Å². The number of ether oxygens (including phenoxy) is 2. The summed E-state index contributed by atoms with van der Waals surface area (Å²) in [5, 5.41) is 7.14. The second-order valence-corrected chi connectivity index (χ2v) is 18.0. The van der Waals surface area contributed by atoms with E-state index >= 15 is 0 Å². The first-order valence-corrected chi connectivity index (χ1v) is 19.8. The molecular weight excluding hydrogens is 711 g/mol. The Morgan fingerprint density at radius 3 is 2.41 bits per heavy atom. The molecule has 290 valence electrons. The van der Waals surface area contributed by atoms with Gasteiger partial charge in [-0.1, -0.05) is 26.8 Å². The van der Waals surface area contributed by atoms with Crippen LogP contribution in [0.15, 0.2) is 49.1 Å². The number of sulfonamides is 1. The zero-order valence-electron chi connectivity index (χ0n) is 32.2. The van der Waals surface area contributed by atoms with Gasteiger partial charge in [0.1, 0.15) is 41.1 Å². The van der Waals surface area contributed by atoms with Crippen LogP contribution in [0, 0.1) is 25.2 Å². The van der Waals surface area contributed by atoms with E-state index in [1.54, 1.807) is 7.11 Å². The Balaban J connectivity index is 1.34. The summed E-state index contributed by atoms with van der Waals surface area (Å²) >= 11 is 0. The highest BCUT2D eigenvalue weighted by atomic mass is 32.2. The third kappa shape index (κ3) is 7.96. The van der Waals surface area contributed by atoms with Crippen LogP contribution in [-0.2, 0) is 24.4 Å². The molecule has 3 aromatic rings. The van der Waals surface area contributed by atoms with Crippen LogP contribution in [0.4, 0.5) is 11.6 Å². The minimum absolute atomic E-state index is 0.0388. The fraction of sp³-hybridized carbons (Fsp3) is 0.513. The summed E-state index contributed by atoms with van der Waals surface area (Å²) in [4.78, 5) is 55.6. The van der Waals surface area contributed by atoms with Crippen molar-refractivity contribution in [2.75, 3.05) is 38.0 Å². The lowest BCUT2D eigenvalue weighted by atomic mass is 9.85. The van der Waals surface area contributed by atoms with Crippen molar-refractivity contribution in [2.24, 2.45) is 11.3 Å². The fourth-order valence-electron chi connectivity index (χ4n) is 7.07. The molecule has 2 aliphatic carbocycles. The van der Waals surface area contributed by atoms with E-state index in [1.165, 1.54) is 11.0 Å². The van der Waals surface area contributed by atoms with Crippen molar-refractivity contribution in [1.29, 1.82) is 0 Å². The number of fused-ring (bicyclic) bond motifs is 1. The summed E-state index contributed by atoms with van der Waals surface area (Å²) in [7, 11) is 1.45. The summed E-state index contributed by atoms with van der Waals surface area (Å²) < 4.78 is 39.8. The van der Waals surface area contributed by atoms with Crippen LogP contribution < -0.4 is 29.7 Å². The topological polar surface area (TPSA) is 172 Å². The number of anilines is 2. The van der Waals surface area contributed by atoms with Gasteiger partial charge in [-0.2, -0.15) is 4.98 Å². The fourth-order valence-corrected chi connectivity index (χ4v) is 8.43. The number of aromatic nitrogens is 2. The smallest absolute Gasteiger partial charge is 0.259 e. The number of likely N-dealkylation sites (tertiary alicyclic amines) is 1. The SMILES string of the molecule is C=C[C@@H]1C[C@]1(NC(=O)[C@@H]1C[C@@H](Oc2nc(N(C)C)cc3cc(OC)ccc23)CN1C(=O)[C@@H](Nc1cc(C)cc(C)n1)C(C)(C)C)C(=O)NS(=O)(=O)C1CC1. The molecule has 15 heteroatoms. The van der Waals surface area contributed by atoms with Gasteiger partial charge in [0.25, 0.3) is 5.91 Å². The van der Waals surface area contributed by atoms with Gasteiger partial charge in [-0.25, -0.2) is 13.4 Å². The predicted octanol–water partition coefficient (Wildman–Crippen LogP) is 3.87. The first kappa shape index (κ1) is 38.8. The van der Waals surface area contributed by atoms with Crippen LogP contribution in [0.2, 0.25) is 0 Å². The number of aryl methyl sites for hydroxylation is 2. The molecule has 0 spiro atoms. The molecule has 3 amide bonds. The Morgan fingerprint density at radius 1 is 1.09 bits per heavy atom. The van der Waals surface area contributed by atoms with Crippen LogP contribution in [0.3, 0.4) is 0 Å². The lowest BCUT2D eigenvalue weighted by Gasteiger charge is -2.36. The molecule has 0 radical (unpaired) electrons. The number of benzene rings is 1. The van der Waals surface area contributed by atoms with E-state index in [0.29, 0.717) is 36.1 Å². The maximum atomic E-state index is 14.8. The van der Waals surface area contributed by atoms with Crippen LogP contribution in [0.25, 0.3) is 10.8 Å². The molecule has 1 saturated heterocycles. The van der Waals surface area contributed by atoms with Gasteiger partial charge >= 0.3 is 0 Å². The van der Waals surface area contributed by atoms with Crippen molar-refractivity contribution in [1.82, 2.24) is 24.9 Å². The van der Waals surface area contributed by atoms with Gasteiger partial charge in [-0.05, 0) is 85.9 Å². The number of hydrogen-bond acceptors (Lipinski definition) is 11. The molecule has 2 aromatic heterocycles. The van der Waals surface area contributed by atoms with E-state index in [4.69, 9.17) is 14.5 Å². The third-order valence-electron chi connectivity index (χ3n) is 10.3. The molecule has 2 saturated carbocycles. The van der Waals surface area contributed by atoms with Crippen molar-refractivity contribution < 1.29 is 32.3 Å². The summed E-state index contributed by atoms with van der Waals surface area (Å²) in [6, 6.07) is 9.40. The lowest BCUT2D eigenvalue weighted by molar-refractivity contribution is -0.141. The van der Waals surface area contributed by atoms with Gasteiger partial charge in [0.05, 0.1) is 18.9 Å². The Bertz CT molecular complexity index is 2080. The Hall–Kier alpha value is -4.92. The summed E-state index contributed by atoms with van der Waals surface area (Å²) in [6.07, 6.45) is 2.07. The molecule has 5 atom stereocenters. The molecule has 3 aliphatic rings. The van der Waals surface area contributed by atoms with Gasteiger partial charge in [-0.15, -0.1) is 6.58 Å². The molecule has 0 unspecified atom stereocenters. The Kier molecular flexibility index (Phi) is 10.3. The van der Waals surface area contributed by atoms with Crippen molar-refractivity contribution in [2.45, 2.75) is 89.3 Å². The van der Waals surface area contributed by atoms with Gasteiger partial charge in [-0.3, -0.25) is 19.1 Å². The van der Waals surface area contributed by atoms with Gasteiger partial charge in [0.15, 0.2) is 0 Å². The molecular formula is C39H51N7O7S. The highest BCUT2D eigenvalue weighted by Crippen LogP contribution is 2.46. The molecule has 3 fully saturated rings. The number of pyridine rings is 2. The van der Waals surface area contributed by atoms with Gasteiger partial charge < -0.3 is 29.9 Å². The average Bonchev–Trinajstić information content (AvgIpc) is 4.02. The maximum absolute atomic E-state index is 14.8. The first-order chi connectivity index (χ1) is 25.3. The summed E-state index contributed by atoms with van der Waals surface area (Å²) in [5.74, 6) is -0.0880. The van der Waals surface area contributed by atoms with Crippen LogP contribution in [0.1, 0.15) is 57.7 Å². The van der Waals surface area contributed by atoms with Gasteiger partial charge in [0, 0.05) is 37.5 Å². The van der Waals surface area contributed by atoms with Crippen molar-refractivity contribution in [3.05, 3.63) is 60.3 Å². The van der Waals surface area contributed by atoms with Crippen molar-refractivity contribution in [3.8, 4) is 11.6 Å². The minimum atomic E-state index is -3.88. The van der Waals surface area contributed by atoms with E-state index in [-0.39, 0.29) is 25.3 Å². The summed E-state index contributed by atoms with van der Waals surface area (Å²) in [6.45, 7) is 13.5. The molecule has 54 heavy (non-hydrogen) atoms. The van der Waals surface area contributed by atoms with E-state index in [2.05, 4.69) is 26.9 Å².